The van der Waals surface area contributed by atoms with E-state index in [1.54, 1.807) is 0 Å². The molecule has 3 rings (SSSR count). The maximum Gasteiger partial charge on any atom is 0.133 e. The van der Waals surface area contributed by atoms with E-state index in [2.05, 4.69) is 41.7 Å². The van der Waals surface area contributed by atoms with Crippen LogP contribution in [0.5, 0.6) is 0 Å². The zero-order valence-corrected chi connectivity index (χ0v) is 12.9. The second-order valence-electron chi connectivity index (χ2n) is 6.20. The first-order chi connectivity index (χ1) is 10.8. The smallest absolute Gasteiger partial charge is 0.133 e. The van der Waals surface area contributed by atoms with E-state index in [4.69, 9.17) is 0 Å². The predicted octanol–water partition coefficient (Wildman–Crippen LogP) is 4.47. The highest BCUT2D eigenvalue weighted by Gasteiger charge is 2.27. The van der Waals surface area contributed by atoms with Crippen LogP contribution < -0.4 is 5.32 Å². The summed E-state index contributed by atoms with van der Waals surface area (Å²) < 4.78 is 0. The molecule has 0 spiro atoms. The van der Waals surface area contributed by atoms with Gasteiger partial charge in [0.1, 0.15) is 5.78 Å². The van der Waals surface area contributed by atoms with Crippen LogP contribution in [-0.4, -0.2) is 11.8 Å². The molecule has 0 aromatic heterocycles. The Kier molecular flexibility index (Phi) is 4.89. The van der Waals surface area contributed by atoms with Crippen molar-refractivity contribution in [1.82, 2.24) is 0 Å². The summed E-state index contributed by atoms with van der Waals surface area (Å²) in [5.41, 5.74) is 2.47. The minimum Gasteiger partial charge on any atom is -0.382 e. The standard InChI is InChI=1S/C20H23NO/c22-19-13-7-10-17(15-19)20(14-16-8-3-1-4-9-16)21-18-11-5-2-6-12-18/h1-6,8-9,11-12,17,20-21H,7,10,13-15H2. The average molecular weight is 293 g/mol. The van der Waals surface area contributed by atoms with Crippen LogP contribution in [0.3, 0.4) is 0 Å². The molecule has 22 heavy (non-hydrogen) atoms. The van der Waals surface area contributed by atoms with Gasteiger partial charge < -0.3 is 5.32 Å². The van der Waals surface area contributed by atoms with Gasteiger partial charge in [-0.1, -0.05) is 48.5 Å². The highest BCUT2D eigenvalue weighted by atomic mass is 16.1. The van der Waals surface area contributed by atoms with Crippen molar-refractivity contribution in [3.05, 3.63) is 66.2 Å². The van der Waals surface area contributed by atoms with Crippen molar-refractivity contribution >= 4 is 11.5 Å². The van der Waals surface area contributed by atoms with Crippen molar-refractivity contribution in [2.75, 3.05) is 5.32 Å². The Labute approximate surface area is 132 Å². The minimum atomic E-state index is 0.314. The largest absolute Gasteiger partial charge is 0.382 e. The van der Waals surface area contributed by atoms with Crippen LogP contribution in [0.1, 0.15) is 31.2 Å². The van der Waals surface area contributed by atoms with Crippen LogP contribution in [-0.2, 0) is 11.2 Å². The first-order valence-electron chi connectivity index (χ1n) is 8.18. The molecule has 114 valence electrons. The van der Waals surface area contributed by atoms with Gasteiger partial charge in [-0.25, -0.2) is 0 Å². The van der Waals surface area contributed by atoms with E-state index < -0.39 is 0 Å². The topological polar surface area (TPSA) is 29.1 Å². The maximum absolute atomic E-state index is 11.9. The second-order valence-corrected chi connectivity index (χ2v) is 6.20. The molecule has 2 heteroatoms. The fraction of sp³-hybridized carbons (Fsp3) is 0.350. The highest BCUT2D eigenvalue weighted by Crippen LogP contribution is 2.28. The summed E-state index contributed by atoms with van der Waals surface area (Å²) in [4.78, 5) is 11.9. The van der Waals surface area contributed by atoms with E-state index in [0.717, 1.165) is 37.8 Å². The molecule has 2 unspecified atom stereocenters. The molecule has 1 saturated carbocycles. The minimum absolute atomic E-state index is 0.314. The molecule has 0 saturated heterocycles. The Bertz CT molecular complexity index is 552. The summed E-state index contributed by atoms with van der Waals surface area (Å²) in [7, 11) is 0. The lowest BCUT2D eigenvalue weighted by molar-refractivity contribution is -0.121. The molecule has 0 aliphatic heterocycles. The number of anilines is 1. The quantitative estimate of drug-likeness (QED) is 0.881. The van der Waals surface area contributed by atoms with Crippen molar-refractivity contribution < 1.29 is 4.79 Å². The number of rotatable bonds is 5. The van der Waals surface area contributed by atoms with Crippen LogP contribution >= 0.6 is 0 Å². The van der Waals surface area contributed by atoms with E-state index >= 15 is 0 Å². The number of carbonyl (C=O) groups is 1. The lowest BCUT2D eigenvalue weighted by Gasteiger charge is -2.31. The predicted molar refractivity (Wildman–Crippen MR) is 91.0 cm³/mol. The molecule has 0 bridgehead atoms. The Balaban J connectivity index is 1.76. The van der Waals surface area contributed by atoms with Crippen LogP contribution in [0, 0.1) is 5.92 Å². The molecule has 1 fully saturated rings. The number of para-hydroxylation sites is 1. The van der Waals surface area contributed by atoms with Gasteiger partial charge in [0.2, 0.25) is 0 Å². The molecule has 1 aliphatic carbocycles. The van der Waals surface area contributed by atoms with E-state index in [-0.39, 0.29) is 0 Å². The second kappa shape index (κ2) is 7.26. The van der Waals surface area contributed by atoms with Crippen LogP contribution in [0.2, 0.25) is 0 Å². The van der Waals surface area contributed by atoms with Gasteiger partial charge in [0.25, 0.3) is 0 Å². The van der Waals surface area contributed by atoms with Gasteiger partial charge in [0.15, 0.2) is 0 Å². The number of hydrogen-bond donors (Lipinski definition) is 1. The molecule has 2 nitrogen and oxygen atoms in total. The van der Waals surface area contributed by atoms with Gasteiger partial charge in [-0.15, -0.1) is 0 Å². The fourth-order valence-electron chi connectivity index (χ4n) is 3.35. The fourth-order valence-corrected chi connectivity index (χ4v) is 3.35. The molecular weight excluding hydrogens is 270 g/mol. The summed E-state index contributed by atoms with van der Waals surface area (Å²) in [6, 6.07) is 21.2. The number of nitrogens with one attached hydrogen (secondary N) is 1. The Hall–Kier alpha value is -2.09. The lowest BCUT2D eigenvalue weighted by Crippen LogP contribution is -2.35. The third-order valence-corrected chi connectivity index (χ3v) is 4.51. The molecule has 2 atom stereocenters. The third-order valence-electron chi connectivity index (χ3n) is 4.51. The van der Waals surface area contributed by atoms with Crippen LogP contribution in [0.25, 0.3) is 0 Å². The van der Waals surface area contributed by atoms with Crippen LogP contribution in [0.15, 0.2) is 60.7 Å². The lowest BCUT2D eigenvalue weighted by atomic mass is 9.81. The van der Waals surface area contributed by atoms with Crippen molar-refractivity contribution in [2.45, 2.75) is 38.1 Å². The van der Waals surface area contributed by atoms with Crippen molar-refractivity contribution in [3.63, 3.8) is 0 Å². The Morgan fingerprint density at radius 3 is 2.36 bits per heavy atom. The molecule has 0 heterocycles. The molecule has 2 aromatic carbocycles. The van der Waals surface area contributed by atoms with Crippen molar-refractivity contribution in [2.24, 2.45) is 5.92 Å². The number of ketones is 1. The first kappa shape index (κ1) is 14.8. The molecule has 1 N–H and O–H groups in total. The monoisotopic (exact) mass is 293 g/mol. The summed E-state index contributed by atoms with van der Waals surface area (Å²) in [5, 5.41) is 3.67. The van der Waals surface area contributed by atoms with E-state index in [1.165, 1.54) is 5.56 Å². The van der Waals surface area contributed by atoms with Gasteiger partial charge in [0, 0.05) is 24.6 Å². The molecule has 2 aromatic rings. The third kappa shape index (κ3) is 3.97. The average Bonchev–Trinajstić information content (AvgIpc) is 2.56. The van der Waals surface area contributed by atoms with Gasteiger partial charge >= 0.3 is 0 Å². The zero-order valence-electron chi connectivity index (χ0n) is 12.9. The van der Waals surface area contributed by atoms with E-state index in [1.807, 2.05) is 24.3 Å². The van der Waals surface area contributed by atoms with Crippen molar-refractivity contribution in [1.29, 1.82) is 0 Å². The normalized spacial score (nSPS) is 19.6. The van der Waals surface area contributed by atoms with Crippen LogP contribution in [0.4, 0.5) is 5.69 Å². The number of benzene rings is 2. The summed E-state index contributed by atoms with van der Waals surface area (Å²) >= 11 is 0. The van der Waals surface area contributed by atoms with Gasteiger partial charge in [0.05, 0.1) is 0 Å². The number of carbonyl (C=O) groups excluding carboxylic acids is 1. The summed E-state index contributed by atoms with van der Waals surface area (Å²) in [6.07, 6.45) is 4.62. The van der Waals surface area contributed by atoms with Crippen molar-refractivity contribution in [3.8, 4) is 0 Å². The molecular formula is C20H23NO. The maximum atomic E-state index is 11.9. The Morgan fingerprint density at radius 1 is 1.00 bits per heavy atom. The van der Waals surface area contributed by atoms with Gasteiger partial charge in [-0.05, 0) is 42.9 Å². The SMILES string of the molecule is O=C1CCCC(C(Cc2ccccc2)Nc2ccccc2)C1. The van der Waals surface area contributed by atoms with E-state index in [0.29, 0.717) is 17.7 Å². The van der Waals surface area contributed by atoms with E-state index in [9.17, 15) is 4.79 Å². The highest BCUT2D eigenvalue weighted by molar-refractivity contribution is 5.79. The zero-order chi connectivity index (χ0) is 15.2. The molecule has 0 radical (unpaired) electrons. The number of hydrogen-bond acceptors (Lipinski definition) is 2. The Morgan fingerprint density at radius 2 is 1.68 bits per heavy atom. The first-order valence-corrected chi connectivity index (χ1v) is 8.18. The molecule has 1 aliphatic rings. The number of Topliss-reactive ketones (excluding diaryl/α,β-unsaturated/α-hetero) is 1. The molecule has 0 amide bonds. The summed E-state index contributed by atoms with van der Waals surface area (Å²) in [6.45, 7) is 0. The van der Waals surface area contributed by atoms with Gasteiger partial charge in [-0.2, -0.15) is 0 Å². The van der Waals surface area contributed by atoms with Gasteiger partial charge in [-0.3, -0.25) is 4.79 Å². The summed E-state index contributed by atoms with van der Waals surface area (Å²) in [5.74, 6) is 0.853.